The first-order valence-corrected chi connectivity index (χ1v) is 5.38. The normalized spacial score (nSPS) is 19.9. The predicted molar refractivity (Wildman–Crippen MR) is 60.9 cm³/mol. The summed E-state index contributed by atoms with van der Waals surface area (Å²) in [5.74, 6) is 0. The van der Waals surface area contributed by atoms with Gasteiger partial charge < -0.3 is 15.5 Å². The zero-order valence-electron chi connectivity index (χ0n) is 9.31. The van der Waals surface area contributed by atoms with Crippen LogP contribution in [0, 0.1) is 0 Å². The number of nitrogens with zero attached hydrogens (tertiary/aromatic N) is 2. The van der Waals surface area contributed by atoms with Crippen LogP contribution in [-0.4, -0.2) is 42.1 Å². The molecule has 5 heteroatoms. The molecule has 1 saturated heterocycles. The summed E-state index contributed by atoms with van der Waals surface area (Å²) in [5.41, 5.74) is 1.11. The summed E-state index contributed by atoms with van der Waals surface area (Å²) in [5, 5.41) is 6.00. The van der Waals surface area contributed by atoms with Crippen LogP contribution in [0.1, 0.15) is 5.56 Å². The third-order valence-corrected chi connectivity index (χ3v) is 2.63. The molecular weight excluding hydrogens is 204 g/mol. The van der Waals surface area contributed by atoms with Gasteiger partial charge in [-0.3, -0.25) is 4.98 Å². The maximum Gasteiger partial charge on any atom is 0.318 e. The van der Waals surface area contributed by atoms with Crippen molar-refractivity contribution < 1.29 is 4.79 Å². The molecule has 2 rings (SSSR count). The van der Waals surface area contributed by atoms with Gasteiger partial charge in [-0.15, -0.1) is 0 Å². The lowest BCUT2D eigenvalue weighted by atomic mass is 10.2. The van der Waals surface area contributed by atoms with Gasteiger partial charge in [0.25, 0.3) is 0 Å². The number of hydrogen-bond acceptors (Lipinski definition) is 3. The second kappa shape index (κ2) is 4.94. The Morgan fingerprint density at radius 1 is 1.56 bits per heavy atom. The average Bonchev–Trinajstić information content (AvgIpc) is 2.61. The minimum Gasteiger partial charge on any atom is -0.332 e. The predicted octanol–water partition coefficient (Wildman–Crippen LogP) is 0.195. The lowest BCUT2D eigenvalue weighted by Gasteiger charge is -2.14. The Labute approximate surface area is 94.9 Å². The Morgan fingerprint density at radius 3 is 3.00 bits per heavy atom. The van der Waals surface area contributed by atoms with E-state index in [1.807, 2.05) is 24.1 Å². The Hall–Kier alpha value is -1.62. The monoisotopic (exact) mass is 220 g/mol. The number of rotatable bonds is 4. The summed E-state index contributed by atoms with van der Waals surface area (Å²) in [6.07, 6.45) is 3.49. The SMILES string of the molecule is CNCC1CN(Cc2ccncc2)C(=O)N1. The highest BCUT2D eigenvalue weighted by molar-refractivity contribution is 5.76. The van der Waals surface area contributed by atoms with Gasteiger partial charge in [-0.05, 0) is 24.7 Å². The molecule has 0 aromatic carbocycles. The minimum atomic E-state index is 0.0112. The van der Waals surface area contributed by atoms with Gasteiger partial charge in [0.1, 0.15) is 0 Å². The maximum atomic E-state index is 11.6. The standard InChI is InChI=1S/C11H16N4O/c1-12-6-10-8-15(11(16)14-10)7-9-2-4-13-5-3-9/h2-5,10,12H,6-8H2,1H3,(H,14,16). The van der Waals surface area contributed by atoms with Crippen LogP contribution < -0.4 is 10.6 Å². The number of carbonyl (C=O) groups is 1. The summed E-state index contributed by atoms with van der Waals surface area (Å²) in [4.78, 5) is 17.4. The lowest BCUT2D eigenvalue weighted by Crippen LogP contribution is -2.35. The first-order valence-electron chi connectivity index (χ1n) is 5.38. The van der Waals surface area contributed by atoms with Crippen LogP contribution in [0.2, 0.25) is 0 Å². The molecule has 1 aromatic rings. The molecule has 0 saturated carbocycles. The molecule has 16 heavy (non-hydrogen) atoms. The number of amides is 2. The van der Waals surface area contributed by atoms with Gasteiger partial charge in [-0.1, -0.05) is 0 Å². The number of nitrogens with one attached hydrogen (secondary N) is 2. The third kappa shape index (κ3) is 2.49. The molecule has 0 aliphatic carbocycles. The van der Waals surface area contributed by atoms with Crippen LogP contribution >= 0.6 is 0 Å². The smallest absolute Gasteiger partial charge is 0.318 e. The molecule has 0 radical (unpaired) electrons. The van der Waals surface area contributed by atoms with E-state index in [4.69, 9.17) is 0 Å². The van der Waals surface area contributed by atoms with Gasteiger partial charge in [-0.2, -0.15) is 0 Å². The van der Waals surface area contributed by atoms with Crippen molar-refractivity contribution in [3.05, 3.63) is 30.1 Å². The van der Waals surface area contributed by atoms with Gasteiger partial charge in [0.15, 0.2) is 0 Å². The number of carbonyl (C=O) groups excluding carboxylic acids is 1. The minimum absolute atomic E-state index is 0.0112. The fourth-order valence-electron chi connectivity index (χ4n) is 1.87. The molecule has 0 spiro atoms. The van der Waals surface area contributed by atoms with Crippen LogP contribution in [-0.2, 0) is 6.54 Å². The van der Waals surface area contributed by atoms with E-state index in [0.29, 0.717) is 6.54 Å². The lowest BCUT2D eigenvalue weighted by molar-refractivity contribution is 0.215. The van der Waals surface area contributed by atoms with E-state index in [1.54, 1.807) is 12.4 Å². The molecule has 5 nitrogen and oxygen atoms in total. The molecule has 1 atom stereocenters. The van der Waals surface area contributed by atoms with E-state index in [1.165, 1.54) is 0 Å². The fourth-order valence-corrected chi connectivity index (χ4v) is 1.87. The highest BCUT2D eigenvalue weighted by Crippen LogP contribution is 2.09. The quantitative estimate of drug-likeness (QED) is 0.762. The topological polar surface area (TPSA) is 57.3 Å². The zero-order chi connectivity index (χ0) is 11.4. The molecule has 86 valence electrons. The molecule has 1 fully saturated rings. The Bertz CT molecular complexity index is 354. The maximum absolute atomic E-state index is 11.6. The summed E-state index contributed by atoms with van der Waals surface area (Å²) < 4.78 is 0. The van der Waals surface area contributed by atoms with Crippen molar-refractivity contribution in [2.75, 3.05) is 20.1 Å². The number of aromatic nitrogens is 1. The van der Waals surface area contributed by atoms with E-state index in [0.717, 1.165) is 18.7 Å². The van der Waals surface area contributed by atoms with Gasteiger partial charge in [0, 0.05) is 32.0 Å². The largest absolute Gasteiger partial charge is 0.332 e. The molecule has 1 aliphatic rings. The van der Waals surface area contributed by atoms with Crippen molar-refractivity contribution >= 4 is 6.03 Å². The van der Waals surface area contributed by atoms with Crippen LogP contribution in [0.25, 0.3) is 0 Å². The summed E-state index contributed by atoms with van der Waals surface area (Å²) in [7, 11) is 1.89. The van der Waals surface area contributed by atoms with Gasteiger partial charge in [0.2, 0.25) is 0 Å². The third-order valence-electron chi connectivity index (χ3n) is 2.63. The molecule has 1 unspecified atom stereocenters. The van der Waals surface area contributed by atoms with Gasteiger partial charge >= 0.3 is 6.03 Å². The first kappa shape index (κ1) is 10.9. The summed E-state index contributed by atoms with van der Waals surface area (Å²) in [6.45, 7) is 2.20. The molecule has 1 aromatic heterocycles. The second-order valence-corrected chi connectivity index (χ2v) is 3.94. The fraction of sp³-hybridized carbons (Fsp3) is 0.455. The molecule has 2 N–H and O–H groups in total. The van der Waals surface area contributed by atoms with Crippen molar-refractivity contribution in [3.8, 4) is 0 Å². The van der Waals surface area contributed by atoms with Crippen molar-refractivity contribution in [1.82, 2.24) is 20.5 Å². The highest BCUT2D eigenvalue weighted by atomic mass is 16.2. The molecule has 0 bridgehead atoms. The molecule has 2 heterocycles. The van der Waals surface area contributed by atoms with Crippen LogP contribution in [0.4, 0.5) is 4.79 Å². The average molecular weight is 220 g/mol. The van der Waals surface area contributed by atoms with E-state index in [9.17, 15) is 4.79 Å². The molecule has 1 aliphatic heterocycles. The number of likely N-dealkylation sites (N-methyl/N-ethyl adjacent to an activating group) is 1. The van der Waals surface area contributed by atoms with E-state index in [2.05, 4.69) is 15.6 Å². The highest BCUT2D eigenvalue weighted by Gasteiger charge is 2.27. The first-order chi connectivity index (χ1) is 7.79. The van der Waals surface area contributed by atoms with Crippen LogP contribution in [0.5, 0.6) is 0 Å². The molecule has 2 amide bonds. The van der Waals surface area contributed by atoms with E-state index in [-0.39, 0.29) is 12.1 Å². The number of urea groups is 1. The zero-order valence-corrected chi connectivity index (χ0v) is 9.31. The van der Waals surface area contributed by atoms with E-state index >= 15 is 0 Å². The van der Waals surface area contributed by atoms with Crippen molar-refractivity contribution in [3.63, 3.8) is 0 Å². The van der Waals surface area contributed by atoms with Gasteiger partial charge in [-0.25, -0.2) is 4.79 Å². The second-order valence-electron chi connectivity index (χ2n) is 3.94. The van der Waals surface area contributed by atoms with Crippen molar-refractivity contribution in [2.24, 2.45) is 0 Å². The van der Waals surface area contributed by atoms with E-state index < -0.39 is 0 Å². The number of pyridine rings is 1. The molecular formula is C11H16N4O. The Morgan fingerprint density at radius 2 is 2.31 bits per heavy atom. The summed E-state index contributed by atoms with van der Waals surface area (Å²) >= 11 is 0. The van der Waals surface area contributed by atoms with Gasteiger partial charge in [0.05, 0.1) is 6.04 Å². The Kier molecular flexibility index (Phi) is 3.36. The number of hydrogen-bond donors (Lipinski definition) is 2. The van der Waals surface area contributed by atoms with Crippen LogP contribution in [0.3, 0.4) is 0 Å². The Balaban J connectivity index is 1.94. The summed E-state index contributed by atoms with van der Waals surface area (Å²) in [6, 6.07) is 4.08. The van der Waals surface area contributed by atoms with Crippen LogP contribution in [0.15, 0.2) is 24.5 Å². The van der Waals surface area contributed by atoms with Crippen molar-refractivity contribution in [1.29, 1.82) is 0 Å². The van der Waals surface area contributed by atoms with Crippen molar-refractivity contribution in [2.45, 2.75) is 12.6 Å².